The fourth-order valence-corrected chi connectivity index (χ4v) is 2.51. The Labute approximate surface area is 141 Å². The number of nitrogens with one attached hydrogen (secondary N) is 1. The number of aromatic nitrogens is 1. The average Bonchev–Trinajstić information content (AvgIpc) is 3.17. The molecule has 1 amide bonds. The summed E-state index contributed by atoms with van der Waals surface area (Å²) in [5.41, 5.74) is 2.87. The molecule has 0 spiro atoms. The van der Waals surface area contributed by atoms with Crippen LogP contribution in [0.1, 0.15) is 15.9 Å². The Kier molecular flexibility index (Phi) is 4.96. The van der Waals surface area contributed by atoms with Crippen LogP contribution in [-0.2, 0) is 6.42 Å². The number of methoxy groups -OCH3 is 1. The number of benzene rings is 2. The van der Waals surface area contributed by atoms with Crippen LogP contribution in [0.4, 0.5) is 0 Å². The maximum Gasteiger partial charge on any atom is 0.251 e. The maximum atomic E-state index is 12.2. The van der Waals surface area contributed by atoms with Gasteiger partial charge in [0.2, 0.25) is 0 Å². The molecule has 0 unspecified atom stereocenters. The highest BCUT2D eigenvalue weighted by Gasteiger charge is 2.05. The number of carbonyl (C=O) groups is 1. The van der Waals surface area contributed by atoms with E-state index in [1.807, 2.05) is 77.6 Å². The molecule has 1 aromatic heterocycles. The summed E-state index contributed by atoms with van der Waals surface area (Å²) in [5, 5.41) is 2.95. The summed E-state index contributed by atoms with van der Waals surface area (Å²) in [6, 6.07) is 19.4. The van der Waals surface area contributed by atoms with E-state index in [9.17, 15) is 4.79 Å². The summed E-state index contributed by atoms with van der Waals surface area (Å²) in [6.45, 7) is 0.602. The lowest BCUT2D eigenvalue weighted by Crippen LogP contribution is -2.25. The third-order valence-electron chi connectivity index (χ3n) is 3.89. The van der Waals surface area contributed by atoms with Crippen molar-refractivity contribution in [3.8, 4) is 11.4 Å². The zero-order valence-electron chi connectivity index (χ0n) is 13.6. The molecule has 0 atom stereocenters. The molecule has 0 fully saturated rings. The van der Waals surface area contributed by atoms with Crippen molar-refractivity contribution < 1.29 is 9.53 Å². The summed E-state index contributed by atoms with van der Waals surface area (Å²) in [6.07, 6.45) is 4.74. The molecule has 2 aromatic carbocycles. The number of hydrogen-bond acceptors (Lipinski definition) is 2. The van der Waals surface area contributed by atoms with Gasteiger partial charge in [-0.15, -0.1) is 0 Å². The van der Waals surface area contributed by atoms with Crippen molar-refractivity contribution in [1.82, 2.24) is 9.88 Å². The number of hydrogen-bond donors (Lipinski definition) is 1. The van der Waals surface area contributed by atoms with Crippen LogP contribution in [0.3, 0.4) is 0 Å². The van der Waals surface area contributed by atoms with Gasteiger partial charge in [-0.25, -0.2) is 0 Å². The molecule has 4 nitrogen and oxygen atoms in total. The normalized spacial score (nSPS) is 10.4. The number of rotatable bonds is 6. The zero-order chi connectivity index (χ0) is 16.8. The number of nitrogens with zero attached hydrogens (tertiary/aromatic N) is 1. The lowest BCUT2D eigenvalue weighted by molar-refractivity contribution is 0.0954. The number of amides is 1. The topological polar surface area (TPSA) is 43.3 Å². The molecule has 0 aliphatic heterocycles. The monoisotopic (exact) mass is 320 g/mol. The van der Waals surface area contributed by atoms with Crippen LogP contribution in [0.5, 0.6) is 5.75 Å². The molecular formula is C20H20N2O2. The molecule has 1 heterocycles. The van der Waals surface area contributed by atoms with Gasteiger partial charge in [-0.05, 0) is 60.5 Å². The Bertz CT molecular complexity index is 776. The summed E-state index contributed by atoms with van der Waals surface area (Å²) in [7, 11) is 1.65. The van der Waals surface area contributed by atoms with E-state index in [0.29, 0.717) is 12.1 Å². The van der Waals surface area contributed by atoms with Crippen molar-refractivity contribution in [2.45, 2.75) is 6.42 Å². The summed E-state index contributed by atoms with van der Waals surface area (Å²) >= 11 is 0. The first-order valence-electron chi connectivity index (χ1n) is 7.91. The van der Waals surface area contributed by atoms with E-state index in [-0.39, 0.29) is 5.91 Å². The van der Waals surface area contributed by atoms with E-state index < -0.39 is 0 Å². The predicted octanol–water partition coefficient (Wildman–Crippen LogP) is 3.46. The molecule has 3 rings (SSSR count). The van der Waals surface area contributed by atoms with E-state index in [1.165, 1.54) is 5.56 Å². The van der Waals surface area contributed by atoms with Crippen molar-refractivity contribution in [2.75, 3.05) is 13.7 Å². The highest BCUT2D eigenvalue weighted by molar-refractivity contribution is 5.94. The van der Waals surface area contributed by atoms with Crippen molar-refractivity contribution in [2.24, 2.45) is 0 Å². The fourth-order valence-electron chi connectivity index (χ4n) is 2.51. The zero-order valence-corrected chi connectivity index (χ0v) is 13.6. The Morgan fingerprint density at radius 2 is 1.67 bits per heavy atom. The van der Waals surface area contributed by atoms with Crippen molar-refractivity contribution in [1.29, 1.82) is 0 Å². The lowest BCUT2D eigenvalue weighted by Gasteiger charge is -2.08. The summed E-state index contributed by atoms with van der Waals surface area (Å²) in [4.78, 5) is 12.2. The van der Waals surface area contributed by atoms with Crippen molar-refractivity contribution >= 4 is 5.91 Å². The first-order chi connectivity index (χ1) is 11.8. The lowest BCUT2D eigenvalue weighted by atomic mass is 10.1. The minimum Gasteiger partial charge on any atom is -0.497 e. The molecule has 0 bridgehead atoms. The minimum absolute atomic E-state index is 0.0532. The second kappa shape index (κ2) is 7.51. The second-order valence-electron chi connectivity index (χ2n) is 5.49. The van der Waals surface area contributed by atoms with Crippen LogP contribution in [0.2, 0.25) is 0 Å². The first-order valence-corrected chi connectivity index (χ1v) is 7.91. The van der Waals surface area contributed by atoms with Gasteiger partial charge in [0.1, 0.15) is 5.75 Å². The first kappa shape index (κ1) is 15.9. The molecule has 0 saturated heterocycles. The van der Waals surface area contributed by atoms with Gasteiger partial charge in [-0.1, -0.05) is 12.1 Å². The minimum atomic E-state index is -0.0532. The molecule has 122 valence electrons. The number of ether oxygens (including phenoxy) is 1. The van der Waals surface area contributed by atoms with E-state index >= 15 is 0 Å². The fraction of sp³-hybridized carbons (Fsp3) is 0.150. The van der Waals surface area contributed by atoms with Gasteiger partial charge < -0.3 is 14.6 Å². The molecule has 4 heteroatoms. The Hall–Kier alpha value is -3.01. The van der Waals surface area contributed by atoms with Gasteiger partial charge in [-0.2, -0.15) is 0 Å². The largest absolute Gasteiger partial charge is 0.497 e. The molecule has 24 heavy (non-hydrogen) atoms. The van der Waals surface area contributed by atoms with Gasteiger partial charge in [0.25, 0.3) is 5.91 Å². The predicted molar refractivity (Wildman–Crippen MR) is 94.8 cm³/mol. The Morgan fingerprint density at radius 3 is 2.29 bits per heavy atom. The highest BCUT2D eigenvalue weighted by Crippen LogP contribution is 2.12. The molecule has 0 saturated carbocycles. The van der Waals surface area contributed by atoms with Crippen LogP contribution in [-0.4, -0.2) is 24.1 Å². The molecule has 0 aliphatic rings. The molecular weight excluding hydrogens is 300 g/mol. The van der Waals surface area contributed by atoms with E-state index in [1.54, 1.807) is 7.11 Å². The van der Waals surface area contributed by atoms with E-state index in [2.05, 4.69) is 5.32 Å². The maximum absolute atomic E-state index is 12.2. The molecule has 0 radical (unpaired) electrons. The second-order valence-corrected chi connectivity index (χ2v) is 5.49. The van der Waals surface area contributed by atoms with Crippen LogP contribution in [0.25, 0.3) is 5.69 Å². The van der Waals surface area contributed by atoms with Gasteiger partial charge in [0.05, 0.1) is 7.11 Å². The number of carbonyl (C=O) groups excluding carboxylic acids is 1. The van der Waals surface area contributed by atoms with E-state index in [0.717, 1.165) is 17.9 Å². The van der Waals surface area contributed by atoms with Crippen LogP contribution in [0, 0.1) is 0 Å². The third-order valence-corrected chi connectivity index (χ3v) is 3.89. The smallest absolute Gasteiger partial charge is 0.251 e. The highest BCUT2D eigenvalue weighted by atomic mass is 16.5. The standard InChI is InChI=1S/C20H20N2O2/c1-24-19-10-4-16(5-11-19)12-13-21-20(23)17-6-8-18(9-7-17)22-14-2-3-15-22/h2-11,14-15H,12-13H2,1H3,(H,21,23). The third kappa shape index (κ3) is 3.84. The summed E-state index contributed by atoms with van der Waals surface area (Å²) in [5.74, 6) is 0.785. The van der Waals surface area contributed by atoms with Crippen LogP contribution < -0.4 is 10.1 Å². The Balaban J connectivity index is 1.53. The quantitative estimate of drug-likeness (QED) is 0.756. The van der Waals surface area contributed by atoms with Crippen LogP contribution >= 0.6 is 0 Å². The Morgan fingerprint density at radius 1 is 1.00 bits per heavy atom. The SMILES string of the molecule is COc1ccc(CCNC(=O)c2ccc(-n3cccc3)cc2)cc1. The van der Waals surface area contributed by atoms with E-state index in [4.69, 9.17) is 4.74 Å². The molecule has 0 aliphatic carbocycles. The van der Waals surface area contributed by atoms with Gasteiger partial charge >= 0.3 is 0 Å². The summed E-state index contributed by atoms with van der Waals surface area (Å²) < 4.78 is 7.14. The van der Waals surface area contributed by atoms with Crippen molar-refractivity contribution in [3.05, 3.63) is 84.2 Å². The molecule has 1 N–H and O–H groups in total. The van der Waals surface area contributed by atoms with Gasteiger partial charge in [0.15, 0.2) is 0 Å². The van der Waals surface area contributed by atoms with Gasteiger partial charge in [-0.3, -0.25) is 4.79 Å². The molecule has 3 aromatic rings. The van der Waals surface area contributed by atoms with Crippen molar-refractivity contribution in [3.63, 3.8) is 0 Å². The van der Waals surface area contributed by atoms with Crippen LogP contribution in [0.15, 0.2) is 73.1 Å². The van der Waals surface area contributed by atoms with Gasteiger partial charge in [0, 0.05) is 30.2 Å². The average molecular weight is 320 g/mol.